The molecule has 16 heavy (non-hydrogen) atoms. The molecule has 0 aromatic carbocycles. The minimum absolute atomic E-state index is 0.0198. The van der Waals surface area contributed by atoms with Crippen LogP contribution in [0.3, 0.4) is 0 Å². The van der Waals surface area contributed by atoms with Crippen LogP contribution < -0.4 is 0 Å². The van der Waals surface area contributed by atoms with E-state index in [4.69, 9.17) is 9.47 Å². The van der Waals surface area contributed by atoms with Crippen LogP contribution in [0.1, 0.15) is 58.8 Å². The van der Waals surface area contributed by atoms with Crippen LogP contribution in [0.2, 0.25) is 0 Å². The lowest BCUT2D eigenvalue weighted by Crippen LogP contribution is -2.22. The monoisotopic (exact) mass is 232 g/mol. The van der Waals surface area contributed by atoms with Crippen molar-refractivity contribution in [2.24, 2.45) is 0 Å². The van der Waals surface area contributed by atoms with Crippen molar-refractivity contribution < 1.29 is 13.9 Å². The van der Waals surface area contributed by atoms with Gasteiger partial charge in [0.15, 0.2) is 6.29 Å². The van der Waals surface area contributed by atoms with E-state index >= 15 is 0 Å². The lowest BCUT2D eigenvalue weighted by atomic mass is 10.0. The van der Waals surface area contributed by atoms with Crippen molar-refractivity contribution in [3.63, 3.8) is 0 Å². The van der Waals surface area contributed by atoms with Crippen molar-refractivity contribution in [1.82, 2.24) is 0 Å². The molecule has 0 aliphatic carbocycles. The Morgan fingerprint density at radius 2 is 2.06 bits per heavy atom. The maximum absolute atomic E-state index is 13.1. The maximum Gasteiger partial charge on any atom is 0.157 e. The summed E-state index contributed by atoms with van der Waals surface area (Å²) in [5.41, 5.74) is -1.02. The first-order chi connectivity index (χ1) is 7.58. The highest BCUT2D eigenvalue weighted by Gasteiger charge is 2.15. The summed E-state index contributed by atoms with van der Waals surface area (Å²) in [7, 11) is 0. The number of rotatable bonds is 7. The molecule has 0 radical (unpaired) electrons. The molecular formula is C13H25FO2. The summed E-state index contributed by atoms with van der Waals surface area (Å²) in [6, 6.07) is 0. The second-order valence-corrected chi connectivity index (χ2v) is 5.20. The zero-order chi connectivity index (χ0) is 11.9. The molecular weight excluding hydrogens is 207 g/mol. The molecule has 1 aliphatic rings. The van der Waals surface area contributed by atoms with Gasteiger partial charge in [0.05, 0.1) is 0 Å². The van der Waals surface area contributed by atoms with Gasteiger partial charge < -0.3 is 9.47 Å². The van der Waals surface area contributed by atoms with Crippen LogP contribution in [0.25, 0.3) is 0 Å². The van der Waals surface area contributed by atoms with E-state index in [1.165, 1.54) is 6.42 Å². The van der Waals surface area contributed by atoms with Crippen LogP contribution in [0.4, 0.5) is 4.39 Å². The predicted octanol–water partition coefficient (Wildman–Crippen LogP) is 3.84. The van der Waals surface area contributed by atoms with E-state index in [9.17, 15) is 4.39 Å². The lowest BCUT2D eigenvalue weighted by Gasteiger charge is -2.22. The van der Waals surface area contributed by atoms with Gasteiger partial charge in [-0.25, -0.2) is 4.39 Å². The van der Waals surface area contributed by atoms with Crippen molar-refractivity contribution in [3.05, 3.63) is 0 Å². The summed E-state index contributed by atoms with van der Waals surface area (Å²) in [5.74, 6) is 0. The molecule has 0 unspecified atom stereocenters. The zero-order valence-corrected chi connectivity index (χ0v) is 10.6. The standard InChI is InChI=1S/C13H25FO2/c1-13(2,14)9-5-3-6-10-15-12-8-4-7-11-16-12/h12H,3-11H2,1-2H3/t12-/m1/s1. The number of ether oxygens (including phenoxy) is 2. The lowest BCUT2D eigenvalue weighted by molar-refractivity contribution is -0.162. The molecule has 0 aromatic rings. The van der Waals surface area contributed by atoms with Crippen LogP contribution in [0, 0.1) is 0 Å². The molecule has 3 heteroatoms. The van der Waals surface area contributed by atoms with E-state index < -0.39 is 5.67 Å². The molecule has 0 amide bonds. The second kappa shape index (κ2) is 7.23. The Kier molecular flexibility index (Phi) is 6.29. The van der Waals surface area contributed by atoms with Crippen molar-refractivity contribution in [3.8, 4) is 0 Å². The van der Waals surface area contributed by atoms with E-state index in [2.05, 4.69) is 0 Å². The first kappa shape index (κ1) is 13.9. The Balaban J connectivity index is 1.87. The summed E-state index contributed by atoms with van der Waals surface area (Å²) >= 11 is 0. The number of hydrogen-bond donors (Lipinski definition) is 0. The van der Waals surface area contributed by atoms with E-state index in [0.29, 0.717) is 6.42 Å². The minimum Gasteiger partial charge on any atom is -0.353 e. The Morgan fingerprint density at radius 3 is 2.69 bits per heavy atom. The zero-order valence-electron chi connectivity index (χ0n) is 10.6. The first-order valence-electron chi connectivity index (χ1n) is 6.50. The Morgan fingerprint density at radius 1 is 1.25 bits per heavy atom. The van der Waals surface area contributed by atoms with Gasteiger partial charge in [0.1, 0.15) is 5.67 Å². The third-order valence-electron chi connectivity index (χ3n) is 2.86. The fourth-order valence-electron chi connectivity index (χ4n) is 1.88. The molecule has 1 rings (SSSR count). The smallest absolute Gasteiger partial charge is 0.157 e. The molecule has 0 N–H and O–H groups in total. The van der Waals surface area contributed by atoms with Gasteiger partial charge in [-0.15, -0.1) is 0 Å². The molecule has 1 heterocycles. The first-order valence-corrected chi connectivity index (χ1v) is 6.50. The van der Waals surface area contributed by atoms with Gasteiger partial charge in [-0.2, -0.15) is 0 Å². The molecule has 1 fully saturated rings. The molecule has 1 saturated heterocycles. The quantitative estimate of drug-likeness (QED) is 0.621. The topological polar surface area (TPSA) is 18.5 Å². The van der Waals surface area contributed by atoms with Gasteiger partial charge in [0, 0.05) is 13.2 Å². The fourth-order valence-corrected chi connectivity index (χ4v) is 1.88. The Bertz CT molecular complexity index is 171. The highest BCUT2D eigenvalue weighted by atomic mass is 19.1. The van der Waals surface area contributed by atoms with E-state index in [1.54, 1.807) is 13.8 Å². The van der Waals surface area contributed by atoms with Gasteiger partial charge >= 0.3 is 0 Å². The molecule has 0 spiro atoms. The second-order valence-electron chi connectivity index (χ2n) is 5.20. The average Bonchev–Trinajstić information content (AvgIpc) is 2.23. The number of unbranched alkanes of at least 4 members (excludes halogenated alkanes) is 2. The highest BCUT2D eigenvalue weighted by Crippen LogP contribution is 2.18. The van der Waals surface area contributed by atoms with E-state index in [0.717, 1.165) is 45.3 Å². The van der Waals surface area contributed by atoms with Gasteiger partial charge in [-0.05, 0) is 46.0 Å². The predicted molar refractivity (Wildman–Crippen MR) is 63.2 cm³/mol. The summed E-state index contributed by atoms with van der Waals surface area (Å²) in [5, 5.41) is 0. The van der Waals surface area contributed by atoms with Crippen molar-refractivity contribution in [2.75, 3.05) is 13.2 Å². The van der Waals surface area contributed by atoms with Crippen molar-refractivity contribution in [2.45, 2.75) is 70.8 Å². The summed E-state index contributed by atoms with van der Waals surface area (Å²) in [4.78, 5) is 0. The molecule has 0 aromatic heterocycles. The maximum atomic E-state index is 13.1. The van der Waals surface area contributed by atoms with Crippen LogP contribution in [-0.4, -0.2) is 25.2 Å². The average molecular weight is 232 g/mol. The Labute approximate surface area is 98.5 Å². The Hall–Kier alpha value is -0.150. The fraction of sp³-hybridized carbons (Fsp3) is 1.00. The molecule has 1 aliphatic heterocycles. The van der Waals surface area contributed by atoms with Crippen LogP contribution >= 0.6 is 0 Å². The molecule has 96 valence electrons. The number of hydrogen-bond acceptors (Lipinski definition) is 2. The van der Waals surface area contributed by atoms with E-state index in [1.807, 2.05) is 0 Å². The van der Waals surface area contributed by atoms with Gasteiger partial charge in [0.2, 0.25) is 0 Å². The van der Waals surface area contributed by atoms with Gasteiger partial charge in [-0.1, -0.05) is 12.8 Å². The van der Waals surface area contributed by atoms with Crippen LogP contribution in [0.15, 0.2) is 0 Å². The van der Waals surface area contributed by atoms with Crippen LogP contribution in [-0.2, 0) is 9.47 Å². The third kappa shape index (κ3) is 7.18. The SMILES string of the molecule is CC(C)(F)CCCCCO[C@H]1CCCCO1. The normalized spacial score (nSPS) is 22.3. The van der Waals surface area contributed by atoms with Gasteiger partial charge in [-0.3, -0.25) is 0 Å². The summed E-state index contributed by atoms with van der Waals surface area (Å²) in [6.07, 6.45) is 7.05. The van der Waals surface area contributed by atoms with Crippen molar-refractivity contribution in [1.29, 1.82) is 0 Å². The molecule has 0 saturated carbocycles. The number of alkyl halides is 1. The van der Waals surface area contributed by atoms with Crippen molar-refractivity contribution >= 4 is 0 Å². The molecule has 2 nitrogen and oxygen atoms in total. The molecule has 0 bridgehead atoms. The third-order valence-corrected chi connectivity index (χ3v) is 2.86. The van der Waals surface area contributed by atoms with E-state index in [-0.39, 0.29) is 6.29 Å². The summed E-state index contributed by atoms with van der Waals surface area (Å²) in [6.45, 7) is 4.86. The number of halogens is 1. The molecule has 1 atom stereocenters. The minimum atomic E-state index is -1.02. The van der Waals surface area contributed by atoms with Crippen LogP contribution in [0.5, 0.6) is 0 Å². The largest absolute Gasteiger partial charge is 0.353 e. The summed E-state index contributed by atoms with van der Waals surface area (Å²) < 4.78 is 24.2. The van der Waals surface area contributed by atoms with Gasteiger partial charge in [0.25, 0.3) is 0 Å². The highest BCUT2D eigenvalue weighted by molar-refractivity contribution is 4.65.